The number of nitrogens with one attached hydrogen (secondary N) is 1. The lowest BCUT2D eigenvalue weighted by atomic mass is 10.2. The normalized spacial score (nSPS) is 14.7. The Morgan fingerprint density at radius 2 is 1.80 bits per heavy atom. The lowest BCUT2D eigenvalue weighted by Crippen LogP contribution is -1.95. The summed E-state index contributed by atoms with van der Waals surface area (Å²) in [4.78, 5) is 4.52. The van der Waals surface area contributed by atoms with E-state index in [0.29, 0.717) is 0 Å². The Morgan fingerprint density at radius 1 is 1.13 bits per heavy atom. The summed E-state index contributed by atoms with van der Waals surface area (Å²) >= 11 is 6.95. The van der Waals surface area contributed by atoms with Crippen LogP contribution in [-0.2, 0) is 0 Å². The number of aliphatic imine (C=N–C) groups is 1. The van der Waals surface area contributed by atoms with Crippen molar-refractivity contribution in [3.05, 3.63) is 32.9 Å². The zero-order chi connectivity index (χ0) is 11.0. The van der Waals surface area contributed by atoms with Gasteiger partial charge in [-0.05, 0) is 63.9 Å². The van der Waals surface area contributed by atoms with Crippen molar-refractivity contribution in [1.82, 2.24) is 0 Å². The number of rotatable bonds is 0. The first-order chi connectivity index (χ1) is 7.06. The smallest absolute Gasteiger partial charge is 0.0879 e. The van der Waals surface area contributed by atoms with Crippen LogP contribution < -0.4 is 5.32 Å². The summed E-state index contributed by atoms with van der Waals surface area (Å²) in [7, 11) is 0. The van der Waals surface area contributed by atoms with E-state index in [0.717, 1.165) is 31.7 Å². The Balaban J connectivity index is 2.60. The molecule has 0 unspecified atom stereocenters. The molecule has 0 saturated carbocycles. The number of benzene rings is 1. The van der Waals surface area contributed by atoms with Crippen molar-refractivity contribution in [2.24, 2.45) is 4.99 Å². The zero-order valence-corrected chi connectivity index (χ0v) is 11.6. The van der Waals surface area contributed by atoms with Crippen molar-refractivity contribution in [2.45, 2.75) is 13.8 Å². The van der Waals surface area contributed by atoms with Gasteiger partial charge in [0.1, 0.15) is 0 Å². The van der Waals surface area contributed by atoms with E-state index in [-0.39, 0.29) is 0 Å². The van der Waals surface area contributed by atoms with Gasteiger partial charge in [0.25, 0.3) is 0 Å². The minimum absolute atomic E-state index is 0.954. The highest BCUT2D eigenvalue weighted by Gasteiger charge is 2.09. The van der Waals surface area contributed by atoms with E-state index in [4.69, 9.17) is 0 Å². The van der Waals surface area contributed by atoms with Crippen LogP contribution in [0.4, 0.5) is 11.4 Å². The number of halogens is 2. The van der Waals surface area contributed by atoms with E-state index in [1.807, 2.05) is 32.1 Å². The van der Waals surface area contributed by atoms with Crippen LogP contribution in [0, 0.1) is 0 Å². The molecule has 0 aliphatic carbocycles. The maximum atomic E-state index is 4.52. The highest BCUT2D eigenvalue weighted by atomic mass is 79.9. The fraction of sp³-hybridized carbons (Fsp3) is 0.182. The molecule has 1 aromatic rings. The highest BCUT2D eigenvalue weighted by molar-refractivity contribution is 9.13. The number of fused-ring (bicyclic) bond motifs is 1. The van der Waals surface area contributed by atoms with Gasteiger partial charge in [-0.1, -0.05) is 0 Å². The molecule has 0 atom stereocenters. The van der Waals surface area contributed by atoms with Crippen LogP contribution in [0.25, 0.3) is 0 Å². The molecule has 78 valence electrons. The average Bonchev–Trinajstić information content (AvgIpc) is 2.24. The first-order valence-corrected chi connectivity index (χ1v) is 6.14. The summed E-state index contributed by atoms with van der Waals surface area (Å²) in [5.41, 5.74) is 4.09. The van der Waals surface area contributed by atoms with Gasteiger partial charge in [0, 0.05) is 20.4 Å². The number of nitrogens with zero attached hydrogens (tertiary/aromatic N) is 1. The molecule has 0 amide bonds. The predicted molar refractivity (Wildman–Crippen MR) is 72.0 cm³/mol. The molecular weight excluding hydrogens is 320 g/mol. The topological polar surface area (TPSA) is 24.4 Å². The predicted octanol–water partition coefficient (Wildman–Crippen LogP) is 4.63. The monoisotopic (exact) mass is 328 g/mol. The Morgan fingerprint density at radius 3 is 2.53 bits per heavy atom. The van der Waals surface area contributed by atoms with Gasteiger partial charge in [0.2, 0.25) is 0 Å². The van der Waals surface area contributed by atoms with Crippen molar-refractivity contribution in [1.29, 1.82) is 0 Å². The SMILES string of the molecule is CC1=CC(C)=Nc2cc(Br)c(Br)cc2N1. The minimum Gasteiger partial charge on any atom is -0.357 e. The summed E-state index contributed by atoms with van der Waals surface area (Å²) in [5.74, 6) is 0. The van der Waals surface area contributed by atoms with Crippen molar-refractivity contribution < 1.29 is 0 Å². The van der Waals surface area contributed by atoms with Gasteiger partial charge in [-0.25, -0.2) is 0 Å². The van der Waals surface area contributed by atoms with Crippen LogP contribution in [-0.4, -0.2) is 5.71 Å². The molecule has 1 N–H and O–H groups in total. The third kappa shape index (κ3) is 2.32. The first kappa shape index (κ1) is 10.9. The third-order valence-electron chi connectivity index (χ3n) is 2.09. The van der Waals surface area contributed by atoms with Gasteiger partial charge in [-0.15, -0.1) is 0 Å². The van der Waals surface area contributed by atoms with Crippen LogP contribution in [0.3, 0.4) is 0 Å². The van der Waals surface area contributed by atoms with E-state index in [2.05, 4.69) is 42.2 Å². The van der Waals surface area contributed by atoms with Gasteiger partial charge in [-0.2, -0.15) is 0 Å². The number of anilines is 1. The summed E-state index contributed by atoms with van der Waals surface area (Å²) < 4.78 is 2.04. The molecule has 1 aliphatic heterocycles. The molecule has 4 heteroatoms. The Kier molecular flexibility index (Phi) is 2.98. The Labute approximate surface area is 106 Å². The summed E-state index contributed by atoms with van der Waals surface area (Å²) in [6.07, 6.45) is 2.03. The van der Waals surface area contributed by atoms with Crippen molar-refractivity contribution in [3.8, 4) is 0 Å². The molecule has 2 rings (SSSR count). The highest BCUT2D eigenvalue weighted by Crippen LogP contribution is 2.36. The number of hydrogen-bond donors (Lipinski definition) is 1. The van der Waals surface area contributed by atoms with Gasteiger partial charge >= 0.3 is 0 Å². The summed E-state index contributed by atoms with van der Waals surface area (Å²) in [6.45, 7) is 4.03. The second-order valence-electron chi connectivity index (χ2n) is 3.49. The second kappa shape index (κ2) is 4.10. The first-order valence-electron chi connectivity index (χ1n) is 4.56. The molecule has 0 saturated heterocycles. The molecule has 0 bridgehead atoms. The molecule has 2 nitrogen and oxygen atoms in total. The molecule has 0 spiro atoms. The summed E-state index contributed by atoms with van der Waals surface area (Å²) in [6, 6.07) is 4.03. The minimum atomic E-state index is 0.954. The quantitative estimate of drug-likeness (QED) is 0.737. The largest absolute Gasteiger partial charge is 0.357 e. The lowest BCUT2D eigenvalue weighted by Gasteiger charge is -2.08. The van der Waals surface area contributed by atoms with Crippen LogP contribution >= 0.6 is 31.9 Å². The molecule has 15 heavy (non-hydrogen) atoms. The van der Waals surface area contributed by atoms with Gasteiger partial charge < -0.3 is 5.32 Å². The van der Waals surface area contributed by atoms with Crippen molar-refractivity contribution in [3.63, 3.8) is 0 Å². The van der Waals surface area contributed by atoms with Crippen LogP contribution in [0.15, 0.2) is 37.8 Å². The van der Waals surface area contributed by atoms with Gasteiger partial charge in [-0.3, -0.25) is 4.99 Å². The fourth-order valence-electron chi connectivity index (χ4n) is 1.51. The zero-order valence-electron chi connectivity index (χ0n) is 8.44. The van der Waals surface area contributed by atoms with E-state index in [1.165, 1.54) is 0 Å². The third-order valence-corrected chi connectivity index (χ3v) is 3.94. The van der Waals surface area contributed by atoms with Crippen LogP contribution in [0.2, 0.25) is 0 Å². The molecule has 0 radical (unpaired) electrons. The Bertz CT molecular complexity index is 476. The second-order valence-corrected chi connectivity index (χ2v) is 5.20. The number of hydrogen-bond acceptors (Lipinski definition) is 2. The average molecular weight is 330 g/mol. The standard InChI is InChI=1S/C11H10Br2N2/c1-6-3-7(2)15-11-5-9(13)8(12)4-10(11)14-6/h3-5,14H,1-2H3. The molecule has 1 aromatic carbocycles. The van der Waals surface area contributed by atoms with Gasteiger partial charge in [0.15, 0.2) is 0 Å². The summed E-state index contributed by atoms with van der Waals surface area (Å²) in [5, 5.41) is 3.32. The van der Waals surface area contributed by atoms with Crippen molar-refractivity contribution >= 4 is 48.9 Å². The van der Waals surface area contributed by atoms with E-state index >= 15 is 0 Å². The number of allylic oxidation sites excluding steroid dienone is 2. The van der Waals surface area contributed by atoms with Crippen LogP contribution in [0.5, 0.6) is 0 Å². The molecule has 1 heterocycles. The van der Waals surface area contributed by atoms with E-state index < -0.39 is 0 Å². The molecular formula is C11H10Br2N2. The van der Waals surface area contributed by atoms with E-state index in [1.54, 1.807) is 0 Å². The maximum absolute atomic E-state index is 4.52. The maximum Gasteiger partial charge on any atom is 0.0879 e. The van der Waals surface area contributed by atoms with Crippen LogP contribution in [0.1, 0.15) is 13.8 Å². The van der Waals surface area contributed by atoms with E-state index in [9.17, 15) is 0 Å². The lowest BCUT2D eigenvalue weighted by molar-refractivity contribution is 1.38. The Hall–Kier alpha value is -0.610. The molecule has 0 aromatic heterocycles. The van der Waals surface area contributed by atoms with Gasteiger partial charge in [0.05, 0.1) is 11.4 Å². The van der Waals surface area contributed by atoms with Crippen molar-refractivity contribution in [2.75, 3.05) is 5.32 Å². The molecule has 0 fully saturated rings. The fourth-order valence-corrected chi connectivity index (χ4v) is 2.19. The molecule has 1 aliphatic rings.